The summed E-state index contributed by atoms with van der Waals surface area (Å²) >= 11 is 0. The maximum atomic E-state index is 5.54. The van der Waals surface area contributed by atoms with E-state index in [0.29, 0.717) is 0 Å². The van der Waals surface area contributed by atoms with Crippen LogP contribution in [-0.4, -0.2) is 31.1 Å². The van der Waals surface area contributed by atoms with Crippen molar-refractivity contribution in [3.05, 3.63) is 0 Å². The van der Waals surface area contributed by atoms with Gasteiger partial charge in [0.05, 0.1) is 0 Å². The standard InChI is InChI=1S/C11H24N2/c1-3-11-5-7-13(9-11)8-10(2)4-6-12/h10-11H,3-9,12H2,1-2H3. The molecule has 2 N–H and O–H groups in total. The molecule has 2 atom stereocenters. The van der Waals surface area contributed by atoms with Crippen LogP contribution in [0.25, 0.3) is 0 Å². The van der Waals surface area contributed by atoms with E-state index in [9.17, 15) is 0 Å². The second-order valence-corrected chi connectivity index (χ2v) is 4.51. The maximum absolute atomic E-state index is 5.54. The highest BCUT2D eigenvalue weighted by molar-refractivity contribution is 4.75. The lowest BCUT2D eigenvalue weighted by atomic mass is 10.1. The van der Waals surface area contributed by atoms with Gasteiger partial charge in [0, 0.05) is 13.1 Å². The van der Waals surface area contributed by atoms with Gasteiger partial charge in [0.25, 0.3) is 0 Å². The van der Waals surface area contributed by atoms with Crippen molar-refractivity contribution < 1.29 is 0 Å². The van der Waals surface area contributed by atoms with Crippen molar-refractivity contribution in [2.45, 2.75) is 33.1 Å². The monoisotopic (exact) mass is 184 g/mol. The van der Waals surface area contributed by atoms with Gasteiger partial charge in [-0.2, -0.15) is 0 Å². The number of rotatable bonds is 5. The molecule has 1 fully saturated rings. The van der Waals surface area contributed by atoms with Gasteiger partial charge in [-0.25, -0.2) is 0 Å². The van der Waals surface area contributed by atoms with Gasteiger partial charge in [0.2, 0.25) is 0 Å². The fourth-order valence-electron chi connectivity index (χ4n) is 2.23. The molecule has 0 aromatic heterocycles. The van der Waals surface area contributed by atoms with E-state index in [-0.39, 0.29) is 0 Å². The van der Waals surface area contributed by atoms with E-state index in [4.69, 9.17) is 5.73 Å². The van der Waals surface area contributed by atoms with Crippen LogP contribution in [0.3, 0.4) is 0 Å². The first-order valence-corrected chi connectivity index (χ1v) is 5.68. The SMILES string of the molecule is CCC1CCN(CC(C)CCN)C1. The highest BCUT2D eigenvalue weighted by atomic mass is 15.1. The number of hydrogen-bond acceptors (Lipinski definition) is 2. The normalized spacial score (nSPS) is 26.5. The summed E-state index contributed by atoms with van der Waals surface area (Å²) in [4.78, 5) is 2.61. The lowest BCUT2D eigenvalue weighted by Gasteiger charge is -2.20. The third kappa shape index (κ3) is 3.65. The molecule has 1 aliphatic rings. The van der Waals surface area contributed by atoms with Gasteiger partial charge in [-0.3, -0.25) is 0 Å². The zero-order chi connectivity index (χ0) is 9.68. The smallest absolute Gasteiger partial charge is 0.00101 e. The maximum Gasteiger partial charge on any atom is 0.00101 e. The average Bonchev–Trinajstić information content (AvgIpc) is 2.52. The second kappa shape index (κ2) is 5.61. The molecule has 0 aliphatic carbocycles. The molecular formula is C11H24N2. The first-order chi connectivity index (χ1) is 6.26. The van der Waals surface area contributed by atoms with Crippen LogP contribution in [0.15, 0.2) is 0 Å². The number of nitrogens with zero attached hydrogens (tertiary/aromatic N) is 1. The summed E-state index contributed by atoms with van der Waals surface area (Å²) in [5.41, 5.74) is 5.54. The van der Waals surface area contributed by atoms with E-state index in [1.165, 1.54) is 38.9 Å². The Bertz CT molecular complexity index is 136. The van der Waals surface area contributed by atoms with Crippen molar-refractivity contribution in [3.63, 3.8) is 0 Å². The van der Waals surface area contributed by atoms with E-state index in [0.717, 1.165) is 18.4 Å². The van der Waals surface area contributed by atoms with E-state index >= 15 is 0 Å². The molecule has 78 valence electrons. The van der Waals surface area contributed by atoms with Crippen LogP contribution in [0.1, 0.15) is 33.1 Å². The minimum atomic E-state index is 0.778. The summed E-state index contributed by atoms with van der Waals surface area (Å²) in [7, 11) is 0. The molecule has 1 rings (SSSR count). The van der Waals surface area contributed by atoms with Crippen LogP contribution in [0, 0.1) is 11.8 Å². The Labute approximate surface area is 82.5 Å². The highest BCUT2D eigenvalue weighted by Gasteiger charge is 2.21. The zero-order valence-corrected chi connectivity index (χ0v) is 9.13. The molecule has 2 heteroatoms. The molecule has 0 aromatic rings. The first-order valence-electron chi connectivity index (χ1n) is 5.68. The Hall–Kier alpha value is -0.0800. The minimum Gasteiger partial charge on any atom is -0.330 e. The van der Waals surface area contributed by atoms with Gasteiger partial charge in [-0.1, -0.05) is 20.3 Å². The molecular weight excluding hydrogens is 160 g/mol. The van der Waals surface area contributed by atoms with Crippen molar-refractivity contribution in [2.75, 3.05) is 26.2 Å². The van der Waals surface area contributed by atoms with Crippen LogP contribution in [0.2, 0.25) is 0 Å². The molecule has 0 aromatic carbocycles. The van der Waals surface area contributed by atoms with Gasteiger partial charge in [0.15, 0.2) is 0 Å². The molecule has 13 heavy (non-hydrogen) atoms. The lowest BCUT2D eigenvalue weighted by Crippen LogP contribution is -2.27. The molecule has 0 bridgehead atoms. The van der Waals surface area contributed by atoms with Crippen molar-refractivity contribution >= 4 is 0 Å². The summed E-state index contributed by atoms with van der Waals surface area (Å²) in [6.45, 7) is 9.35. The minimum absolute atomic E-state index is 0.778. The van der Waals surface area contributed by atoms with Crippen LogP contribution in [0.5, 0.6) is 0 Å². The molecule has 0 amide bonds. The molecule has 0 radical (unpaired) electrons. The zero-order valence-electron chi connectivity index (χ0n) is 9.13. The van der Waals surface area contributed by atoms with Gasteiger partial charge in [0.1, 0.15) is 0 Å². The number of likely N-dealkylation sites (tertiary alicyclic amines) is 1. The Morgan fingerprint density at radius 2 is 2.31 bits per heavy atom. The van der Waals surface area contributed by atoms with E-state index in [1.807, 2.05) is 0 Å². The molecule has 2 nitrogen and oxygen atoms in total. The average molecular weight is 184 g/mol. The molecule has 0 saturated carbocycles. The van der Waals surface area contributed by atoms with Crippen molar-refractivity contribution in [3.8, 4) is 0 Å². The Balaban J connectivity index is 2.16. The summed E-state index contributed by atoms with van der Waals surface area (Å²) in [6, 6.07) is 0. The fourth-order valence-corrected chi connectivity index (χ4v) is 2.23. The fraction of sp³-hybridized carbons (Fsp3) is 1.00. The third-order valence-electron chi connectivity index (χ3n) is 3.18. The van der Waals surface area contributed by atoms with Crippen molar-refractivity contribution in [1.29, 1.82) is 0 Å². The Morgan fingerprint density at radius 1 is 1.54 bits per heavy atom. The largest absolute Gasteiger partial charge is 0.330 e. The van der Waals surface area contributed by atoms with E-state index < -0.39 is 0 Å². The van der Waals surface area contributed by atoms with Crippen molar-refractivity contribution in [1.82, 2.24) is 4.90 Å². The topological polar surface area (TPSA) is 29.3 Å². The van der Waals surface area contributed by atoms with Crippen LogP contribution < -0.4 is 5.73 Å². The van der Waals surface area contributed by atoms with Gasteiger partial charge >= 0.3 is 0 Å². The third-order valence-corrected chi connectivity index (χ3v) is 3.18. The molecule has 0 spiro atoms. The predicted octanol–water partition coefficient (Wildman–Crippen LogP) is 1.70. The van der Waals surface area contributed by atoms with E-state index in [2.05, 4.69) is 18.7 Å². The summed E-state index contributed by atoms with van der Waals surface area (Å²) in [6.07, 6.45) is 3.93. The van der Waals surface area contributed by atoms with Gasteiger partial charge in [-0.15, -0.1) is 0 Å². The van der Waals surface area contributed by atoms with Gasteiger partial charge in [-0.05, 0) is 37.8 Å². The number of hydrogen-bond donors (Lipinski definition) is 1. The molecule has 1 heterocycles. The molecule has 1 aliphatic heterocycles. The highest BCUT2D eigenvalue weighted by Crippen LogP contribution is 2.20. The summed E-state index contributed by atoms with van der Waals surface area (Å²) < 4.78 is 0. The molecule has 2 unspecified atom stereocenters. The van der Waals surface area contributed by atoms with E-state index in [1.54, 1.807) is 0 Å². The summed E-state index contributed by atoms with van der Waals surface area (Å²) in [5, 5.41) is 0. The predicted molar refractivity (Wildman–Crippen MR) is 57.7 cm³/mol. The van der Waals surface area contributed by atoms with Crippen molar-refractivity contribution in [2.24, 2.45) is 17.6 Å². The van der Waals surface area contributed by atoms with Gasteiger partial charge < -0.3 is 10.6 Å². The Morgan fingerprint density at radius 3 is 2.85 bits per heavy atom. The molecule has 1 saturated heterocycles. The second-order valence-electron chi connectivity index (χ2n) is 4.51. The Kier molecular flexibility index (Phi) is 4.74. The first kappa shape index (κ1) is 11.0. The summed E-state index contributed by atoms with van der Waals surface area (Å²) in [5.74, 6) is 1.74. The van der Waals surface area contributed by atoms with Crippen LogP contribution in [0.4, 0.5) is 0 Å². The quantitative estimate of drug-likeness (QED) is 0.704. The lowest BCUT2D eigenvalue weighted by molar-refractivity contribution is 0.271. The van der Waals surface area contributed by atoms with Crippen LogP contribution in [-0.2, 0) is 0 Å². The number of nitrogens with two attached hydrogens (primary N) is 1. The van der Waals surface area contributed by atoms with Crippen LogP contribution >= 0.6 is 0 Å².